The van der Waals surface area contributed by atoms with Gasteiger partial charge in [0.05, 0.1) is 0 Å². The lowest BCUT2D eigenvalue weighted by atomic mass is 9.84. The van der Waals surface area contributed by atoms with Crippen molar-refractivity contribution in [1.82, 2.24) is 0 Å². The summed E-state index contributed by atoms with van der Waals surface area (Å²) in [5, 5.41) is 0. The van der Waals surface area contributed by atoms with E-state index in [1.165, 1.54) is 48.9 Å². The van der Waals surface area contributed by atoms with Crippen LogP contribution in [0.1, 0.15) is 50.2 Å². The number of aryl methyl sites for hydroxylation is 1. The first-order chi connectivity index (χ1) is 9.15. The van der Waals surface area contributed by atoms with Crippen molar-refractivity contribution < 1.29 is 0 Å². The number of rotatable bonds is 4. The number of nitrogens with two attached hydrogens (primary N) is 1. The number of hydrogen-bond donors (Lipinski definition) is 1. The van der Waals surface area contributed by atoms with Gasteiger partial charge in [0.15, 0.2) is 0 Å². The Morgan fingerprint density at radius 3 is 2.47 bits per heavy atom. The molecule has 0 spiro atoms. The SMILES string of the molecule is CCC1CCC(N(C)c2ccc(C)cc2CN)CC1. The van der Waals surface area contributed by atoms with Gasteiger partial charge in [-0.15, -0.1) is 0 Å². The van der Waals surface area contributed by atoms with Crippen LogP contribution >= 0.6 is 0 Å². The smallest absolute Gasteiger partial charge is 0.0411 e. The predicted molar refractivity (Wildman–Crippen MR) is 83.5 cm³/mol. The molecule has 0 unspecified atom stereocenters. The van der Waals surface area contributed by atoms with E-state index >= 15 is 0 Å². The van der Waals surface area contributed by atoms with E-state index in [2.05, 4.69) is 44.0 Å². The third-order valence-corrected chi connectivity index (χ3v) is 4.78. The van der Waals surface area contributed by atoms with E-state index in [0.717, 1.165) is 5.92 Å². The maximum Gasteiger partial charge on any atom is 0.0411 e. The predicted octanol–water partition coefficient (Wildman–Crippen LogP) is 3.86. The molecular weight excluding hydrogens is 232 g/mol. The molecule has 1 aliphatic carbocycles. The summed E-state index contributed by atoms with van der Waals surface area (Å²) in [6.45, 7) is 5.09. The lowest BCUT2D eigenvalue weighted by Gasteiger charge is -2.36. The molecule has 0 radical (unpaired) electrons. The van der Waals surface area contributed by atoms with Crippen LogP contribution in [0.15, 0.2) is 18.2 Å². The van der Waals surface area contributed by atoms with Crippen LogP contribution in [0, 0.1) is 12.8 Å². The minimum atomic E-state index is 0.631. The van der Waals surface area contributed by atoms with Gasteiger partial charge in [-0.2, -0.15) is 0 Å². The van der Waals surface area contributed by atoms with Gasteiger partial charge in [0.25, 0.3) is 0 Å². The van der Waals surface area contributed by atoms with Crippen LogP contribution in [0.5, 0.6) is 0 Å². The van der Waals surface area contributed by atoms with Gasteiger partial charge in [0.2, 0.25) is 0 Å². The molecule has 1 saturated carbocycles. The fraction of sp³-hybridized carbons (Fsp3) is 0.647. The standard InChI is InChI=1S/C17H28N2/c1-4-14-6-8-16(9-7-14)19(3)17-10-5-13(2)11-15(17)12-18/h5,10-11,14,16H,4,6-9,12,18H2,1-3H3. The van der Waals surface area contributed by atoms with E-state index < -0.39 is 0 Å². The summed E-state index contributed by atoms with van der Waals surface area (Å²) in [4.78, 5) is 2.47. The molecule has 0 atom stereocenters. The first kappa shape index (κ1) is 14.4. The van der Waals surface area contributed by atoms with Crippen LogP contribution in [0.2, 0.25) is 0 Å². The Labute approximate surface area is 118 Å². The Kier molecular flexibility index (Phi) is 4.87. The number of nitrogens with zero attached hydrogens (tertiary/aromatic N) is 1. The number of hydrogen-bond acceptors (Lipinski definition) is 2. The van der Waals surface area contributed by atoms with Gasteiger partial charge < -0.3 is 10.6 Å². The van der Waals surface area contributed by atoms with Crippen LogP contribution in [-0.4, -0.2) is 13.1 Å². The van der Waals surface area contributed by atoms with Gasteiger partial charge in [-0.3, -0.25) is 0 Å². The number of anilines is 1. The molecule has 0 amide bonds. The highest BCUT2D eigenvalue weighted by Crippen LogP contribution is 2.32. The van der Waals surface area contributed by atoms with Crippen LogP contribution in [0.25, 0.3) is 0 Å². The summed E-state index contributed by atoms with van der Waals surface area (Å²) in [5.41, 5.74) is 9.81. The molecule has 0 saturated heterocycles. The summed E-state index contributed by atoms with van der Waals surface area (Å²) in [5.74, 6) is 0.955. The monoisotopic (exact) mass is 260 g/mol. The van der Waals surface area contributed by atoms with Crippen molar-refractivity contribution in [2.24, 2.45) is 11.7 Å². The topological polar surface area (TPSA) is 29.3 Å². The second-order valence-electron chi connectivity index (χ2n) is 6.03. The summed E-state index contributed by atoms with van der Waals surface area (Å²) < 4.78 is 0. The highest BCUT2D eigenvalue weighted by atomic mass is 15.1. The zero-order valence-corrected chi connectivity index (χ0v) is 12.7. The molecule has 0 bridgehead atoms. The first-order valence-corrected chi connectivity index (χ1v) is 7.68. The molecule has 1 aliphatic rings. The lowest BCUT2D eigenvalue weighted by Crippen LogP contribution is -2.35. The Morgan fingerprint density at radius 2 is 1.89 bits per heavy atom. The Balaban J connectivity index is 2.09. The molecule has 1 aromatic carbocycles. The zero-order valence-electron chi connectivity index (χ0n) is 12.7. The highest BCUT2D eigenvalue weighted by Gasteiger charge is 2.24. The number of benzene rings is 1. The summed E-state index contributed by atoms with van der Waals surface area (Å²) in [6, 6.07) is 7.35. The van der Waals surface area contributed by atoms with Crippen LogP contribution in [0.3, 0.4) is 0 Å². The van der Waals surface area contributed by atoms with Crippen molar-refractivity contribution in [2.75, 3.05) is 11.9 Å². The maximum atomic E-state index is 5.90. The lowest BCUT2D eigenvalue weighted by molar-refractivity contribution is 0.313. The molecule has 106 valence electrons. The van der Waals surface area contributed by atoms with Gasteiger partial charge >= 0.3 is 0 Å². The minimum Gasteiger partial charge on any atom is -0.371 e. The van der Waals surface area contributed by atoms with E-state index in [0.29, 0.717) is 12.6 Å². The third-order valence-electron chi connectivity index (χ3n) is 4.78. The van der Waals surface area contributed by atoms with Crippen molar-refractivity contribution in [3.8, 4) is 0 Å². The average molecular weight is 260 g/mol. The molecule has 19 heavy (non-hydrogen) atoms. The van der Waals surface area contributed by atoms with Crippen molar-refractivity contribution in [3.63, 3.8) is 0 Å². The van der Waals surface area contributed by atoms with E-state index in [4.69, 9.17) is 5.73 Å². The Bertz CT molecular complexity index is 406. The molecular formula is C17H28N2. The molecule has 2 nitrogen and oxygen atoms in total. The van der Waals surface area contributed by atoms with E-state index in [-0.39, 0.29) is 0 Å². The van der Waals surface area contributed by atoms with Crippen molar-refractivity contribution in [3.05, 3.63) is 29.3 Å². The van der Waals surface area contributed by atoms with Gasteiger partial charge in [0.1, 0.15) is 0 Å². The molecule has 2 heteroatoms. The highest BCUT2D eigenvalue weighted by molar-refractivity contribution is 5.55. The first-order valence-electron chi connectivity index (χ1n) is 7.68. The van der Waals surface area contributed by atoms with E-state index in [1.807, 2.05) is 0 Å². The summed E-state index contributed by atoms with van der Waals surface area (Å²) in [7, 11) is 2.24. The Morgan fingerprint density at radius 1 is 1.21 bits per heavy atom. The summed E-state index contributed by atoms with van der Waals surface area (Å²) >= 11 is 0. The largest absolute Gasteiger partial charge is 0.371 e. The fourth-order valence-corrected chi connectivity index (χ4v) is 3.36. The molecule has 0 heterocycles. The Hall–Kier alpha value is -1.02. The molecule has 1 aromatic rings. The summed E-state index contributed by atoms with van der Waals surface area (Å²) in [6.07, 6.45) is 6.76. The zero-order chi connectivity index (χ0) is 13.8. The van der Waals surface area contributed by atoms with Crippen LogP contribution in [-0.2, 0) is 6.54 Å². The van der Waals surface area contributed by atoms with E-state index in [1.54, 1.807) is 0 Å². The van der Waals surface area contributed by atoms with Crippen molar-refractivity contribution >= 4 is 5.69 Å². The second kappa shape index (κ2) is 6.42. The normalized spacial score (nSPS) is 23.4. The quantitative estimate of drug-likeness (QED) is 0.890. The second-order valence-corrected chi connectivity index (χ2v) is 6.03. The van der Waals surface area contributed by atoms with Gasteiger partial charge in [-0.1, -0.05) is 31.0 Å². The molecule has 2 rings (SSSR count). The molecule has 0 aromatic heterocycles. The van der Waals surface area contributed by atoms with Gasteiger partial charge in [0, 0.05) is 25.3 Å². The molecule has 2 N–H and O–H groups in total. The third kappa shape index (κ3) is 3.30. The van der Waals surface area contributed by atoms with Crippen LogP contribution in [0.4, 0.5) is 5.69 Å². The van der Waals surface area contributed by atoms with Gasteiger partial charge in [-0.25, -0.2) is 0 Å². The maximum absolute atomic E-state index is 5.90. The minimum absolute atomic E-state index is 0.631. The average Bonchev–Trinajstić information content (AvgIpc) is 2.46. The van der Waals surface area contributed by atoms with Crippen LogP contribution < -0.4 is 10.6 Å². The van der Waals surface area contributed by atoms with E-state index in [9.17, 15) is 0 Å². The van der Waals surface area contributed by atoms with Gasteiger partial charge in [-0.05, 0) is 50.2 Å². The molecule has 0 aliphatic heterocycles. The fourth-order valence-electron chi connectivity index (χ4n) is 3.36. The van der Waals surface area contributed by atoms with Crippen molar-refractivity contribution in [2.45, 2.75) is 58.5 Å². The molecule has 1 fully saturated rings. The van der Waals surface area contributed by atoms with Crippen molar-refractivity contribution in [1.29, 1.82) is 0 Å².